The number of rotatable bonds is 1. The molecule has 0 aliphatic heterocycles. The molecule has 0 bridgehead atoms. The highest BCUT2D eigenvalue weighted by atomic mass is 32.2. The van der Waals surface area contributed by atoms with Gasteiger partial charge in [-0.25, -0.2) is 0 Å². The number of anilines is 1. The minimum absolute atomic E-state index is 0.0243. The maximum absolute atomic E-state index is 11.3. The standard InChI is InChI=1S/C9H11NOS/c1-6-3-4-8(10)7(5-6)9(11)12-2/h3-5H,10H2,1-2H3. The second kappa shape index (κ2) is 3.63. The van der Waals surface area contributed by atoms with Crippen molar-refractivity contribution in [1.29, 1.82) is 0 Å². The van der Waals surface area contributed by atoms with E-state index in [0.717, 1.165) is 5.56 Å². The van der Waals surface area contributed by atoms with Gasteiger partial charge in [0.05, 0.1) is 5.56 Å². The Bertz CT molecular complexity index is 309. The van der Waals surface area contributed by atoms with E-state index in [1.807, 2.05) is 19.1 Å². The van der Waals surface area contributed by atoms with Crippen LogP contribution in [0.5, 0.6) is 0 Å². The number of thioether (sulfide) groups is 1. The van der Waals surface area contributed by atoms with Crippen LogP contribution in [0.15, 0.2) is 18.2 Å². The van der Waals surface area contributed by atoms with E-state index in [0.29, 0.717) is 11.3 Å². The molecule has 1 rings (SSSR count). The first-order chi connectivity index (χ1) is 5.65. The van der Waals surface area contributed by atoms with Gasteiger partial charge in [0.25, 0.3) is 0 Å². The lowest BCUT2D eigenvalue weighted by Crippen LogP contribution is -1.99. The molecule has 0 saturated heterocycles. The van der Waals surface area contributed by atoms with Crippen molar-refractivity contribution < 1.29 is 4.79 Å². The molecule has 0 aliphatic rings. The van der Waals surface area contributed by atoms with Gasteiger partial charge in [-0.15, -0.1) is 0 Å². The minimum Gasteiger partial charge on any atom is -0.398 e. The largest absolute Gasteiger partial charge is 0.398 e. The van der Waals surface area contributed by atoms with Crippen molar-refractivity contribution in [2.75, 3.05) is 12.0 Å². The van der Waals surface area contributed by atoms with Gasteiger partial charge in [0, 0.05) is 5.69 Å². The molecule has 2 N–H and O–H groups in total. The van der Waals surface area contributed by atoms with Crippen molar-refractivity contribution in [1.82, 2.24) is 0 Å². The van der Waals surface area contributed by atoms with Crippen LogP contribution in [0.1, 0.15) is 15.9 Å². The van der Waals surface area contributed by atoms with Gasteiger partial charge < -0.3 is 5.73 Å². The van der Waals surface area contributed by atoms with Gasteiger partial charge in [-0.05, 0) is 25.3 Å². The SMILES string of the molecule is CSC(=O)c1cc(C)ccc1N. The highest BCUT2D eigenvalue weighted by Gasteiger charge is 2.07. The van der Waals surface area contributed by atoms with Gasteiger partial charge in [-0.3, -0.25) is 4.79 Å². The maximum atomic E-state index is 11.3. The van der Waals surface area contributed by atoms with E-state index in [-0.39, 0.29) is 5.12 Å². The topological polar surface area (TPSA) is 43.1 Å². The normalized spacial score (nSPS) is 9.83. The molecule has 0 amide bonds. The summed E-state index contributed by atoms with van der Waals surface area (Å²) in [4.78, 5) is 11.3. The zero-order valence-electron chi connectivity index (χ0n) is 7.13. The lowest BCUT2D eigenvalue weighted by Gasteiger charge is -2.02. The van der Waals surface area contributed by atoms with Crippen LogP contribution in [0.25, 0.3) is 0 Å². The summed E-state index contributed by atoms with van der Waals surface area (Å²) in [6.45, 7) is 1.94. The van der Waals surface area contributed by atoms with Gasteiger partial charge >= 0.3 is 0 Å². The summed E-state index contributed by atoms with van der Waals surface area (Å²) < 4.78 is 0. The fourth-order valence-electron chi connectivity index (χ4n) is 0.957. The number of nitrogen functional groups attached to an aromatic ring is 1. The van der Waals surface area contributed by atoms with Crippen molar-refractivity contribution in [3.8, 4) is 0 Å². The zero-order chi connectivity index (χ0) is 9.14. The summed E-state index contributed by atoms with van der Waals surface area (Å²) in [5, 5.41) is 0.0243. The van der Waals surface area contributed by atoms with Gasteiger partial charge in [0.2, 0.25) is 5.12 Å². The van der Waals surface area contributed by atoms with Crippen LogP contribution in [0, 0.1) is 6.92 Å². The third-order valence-corrected chi connectivity index (χ3v) is 2.20. The Hall–Kier alpha value is -0.960. The first-order valence-electron chi connectivity index (χ1n) is 3.59. The second-order valence-corrected chi connectivity index (χ2v) is 3.36. The molecule has 3 heteroatoms. The van der Waals surface area contributed by atoms with E-state index in [1.165, 1.54) is 11.8 Å². The van der Waals surface area contributed by atoms with Crippen LogP contribution in [0.2, 0.25) is 0 Å². The Balaban J connectivity index is 3.13. The number of aryl methyl sites for hydroxylation is 1. The van der Waals surface area contributed by atoms with E-state index < -0.39 is 0 Å². The van der Waals surface area contributed by atoms with Crippen molar-refractivity contribution in [3.05, 3.63) is 29.3 Å². The number of benzene rings is 1. The molecule has 0 fully saturated rings. The smallest absolute Gasteiger partial charge is 0.221 e. The van der Waals surface area contributed by atoms with Gasteiger partial charge in [-0.1, -0.05) is 23.4 Å². The molecule has 64 valence electrons. The van der Waals surface area contributed by atoms with Crippen LogP contribution < -0.4 is 5.73 Å². The Morgan fingerprint density at radius 1 is 1.50 bits per heavy atom. The zero-order valence-corrected chi connectivity index (χ0v) is 7.94. The highest BCUT2D eigenvalue weighted by Crippen LogP contribution is 2.18. The number of carbonyl (C=O) groups excluding carboxylic acids is 1. The van der Waals surface area contributed by atoms with Crippen LogP contribution in [0.3, 0.4) is 0 Å². The predicted molar refractivity (Wildman–Crippen MR) is 53.4 cm³/mol. The van der Waals surface area contributed by atoms with Crippen LogP contribution in [0.4, 0.5) is 5.69 Å². The molecular formula is C9H11NOS. The van der Waals surface area contributed by atoms with E-state index in [1.54, 1.807) is 12.3 Å². The van der Waals surface area contributed by atoms with Crippen molar-refractivity contribution in [2.45, 2.75) is 6.92 Å². The molecule has 0 heterocycles. The molecule has 0 aliphatic carbocycles. The van der Waals surface area contributed by atoms with E-state index >= 15 is 0 Å². The molecule has 0 aromatic heterocycles. The Morgan fingerprint density at radius 2 is 2.17 bits per heavy atom. The number of carbonyl (C=O) groups is 1. The average Bonchev–Trinajstić information content (AvgIpc) is 2.08. The average molecular weight is 181 g/mol. The lowest BCUT2D eigenvalue weighted by molar-refractivity contribution is 0.109. The quantitative estimate of drug-likeness (QED) is 0.674. The molecule has 1 aromatic rings. The minimum atomic E-state index is 0.0243. The molecular weight excluding hydrogens is 170 g/mol. The molecule has 2 nitrogen and oxygen atoms in total. The maximum Gasteiger partial charge on any atom is 0.221 e. The fourth-order valence-corrected chi connectivity index (χ4v) is 1.35. The van der Waals surface area contributed by atoms with Crippen LogP contribution in [-0.4, -0.2) is 11.4 Å². The monoisotopic (exact) mass is 181 g/mol. The van der Waals surface area contributed by atoms with E-state index in [9.17, 15) is 4.79 Å². The summed E-state index contributed by atoms with van der Waals surface area (Å²) in [6, 6.07) is 5.47. The number of hydrogen-bond acceptors (Lipinski definition) is 3. The van der Waals surface area contributed by atoms with Gasteiger partial charge in [0.1, 0.15) is 0 Å². The van der Waals surface area contributed by atoms with Gasteiger partial charge in [0.15, 0.2) is 0 Å². The van der Waals surface area contributed by atoms with Crippen molar-refractivity contribution in [3.63, 3.8) is 0 Å². The third kappa shape index (κ3) is 1.80. The molecule has 0 unspecified atom stereocenters. The molecule has 0 radical (unpaired) electrons. The van der Waals surface area contributed by atoms with E-state index in [2.05, 4.69) is 0 Å². The molecule has 12 heavy (non-hydrogen) atoms. The lowest BCUT2D eigenvalue weighted by atomic mass is 10.1. The fraction of sp³-hybridized carbons (Fsp3) is 0.222. The summed E-state index contributed by atoms with van der Waals surface area (Å²) >= 11 is 1.18. The highest BCUT2D eigenvalue weighted by molar-refractivity contribution is 8.13. The molecule has 0 saturated carbocycles. The first-order valence-corrected chi connectivity index (χ1v) is 4.82. The second-order valence-electron chi connectivity index (χ2n) is 2.58. The van der Waals surface area contributed by atoms with E-state index in [4.69, 9.17) is 5.73 Å². The third-order valence-electron chi connectivity index (χ3n) is 1.61. The summed E-state index contributed by atoms with van der Waals surface area (Å²) in [6.07, 6.45) is 1.75. The Morgan fingerprint density at radius 3 is 2.75 bits per heavy atom. The predicted octanol–water partition coefficient (Wildman–Crippen LogP) is 2.08. The summed E-state index contributed by atoms with van der Waals surface area (Å²) in [5.41, 5.74) is 7.86. The molecule has 1 aromatic carbocycles. The first kappa shape index (κ1) is 9.13. The number of hydrogen-bond donors (Lipinski definition) is 1. The Labute approximate surface area is 76.2 Å². The number of nitrogens with two attached hydrogens (primary N) is 1. The van der Waals surface area contributed by atoms with Gasteiger partial charge in [-0.2, -0.15) is 0 Å². The summed E-state index contributed by atoms with van der Waals surface area (Å²) in [7, 11) is 0. The summed E-state index contributed by atoms with van der Waals surface area (Å²) in [5.74, 6) is 0. The van der Waals surface area contributed by atoms with Crippen LogP contribution in [-0.2, 0) is 0 Å². The molecule has 0 atom stereocenters. The van der Waals surface area contributed by atoms with Crippen molar-refractivity contribution >= 4 is 22.6 Å². The Kier molecular flexibility index (Phi) is 2.76. The van der Waals surface area contributed by atoms with Crippen molar-refractivity contribution in [2.24, 2.45) is 0 Å². The molecule has 0 spiro atoms. The van der Waals surface area contributed by atoms with Crippen LogP contribution >= 0.6 is 11.8 Å².